The summed E-state index contributed by atoms with van der Waals surface area (Å²) in [6, 6.07) is 1.82. The number of halogens is 2. The van der Waals surface area contributed by atoms with Crippen LogP contribution in [-0.2, 0) is 0 Å². The Labute approximate surface area is 89.3 Å². The average Bonchev–Trinajstić information content (AvgIpc) is 2.60. The molecule has 0 bridgehead atoms. The zero-order valence-corrected chi connectivity index (χ0v) is 8.29. The van der Waals surface area contributed by atoms with Crippen molar-refractivity contribution in [2.24, 2.45) is 0 Å². The molecule has 0 radical (unpaired) electrons. The Balaban J connectivity index is 2.31. The number of nitrogens with two attached hydrogens (primary N) is 1. The van der Waals surface area contributed by atoms with E-state index < -0.39 is 11.6 Å². The topological polar surface area (TPSA) is 77.0 Å². The lowest BCUT2D eigenvalue weighted by Gasteiger charge is -2.04. The van der Waals surface area contributed by atoms with Crippen molar-refractivity contribution in [1.82, 2.24) is 10.2 Å². The summed E-state index contributed by atoms with van der Waals surface area (Å²) in [5.41, 5.74) is 5.30. The van der Waals surface area contributed by atoms with Gasteiger partial charge in [0.05, 0.1) is 5.69 Å². The highest BCUT2D eigenvalue weighted by molar-refractivity contribution is 5.54. The van der Waals surface area contributed by atoms with E-state index in [2.05, 4.69) is 15.5 Å². The number of hydrogen-bond donors (Lipinski definition) is 2. The predicted molar refractivity (Wildman–Crippen MR) is 53.1 cm³/mol. The van der Waals surface area contributed by atoms with Gasteiger partial charge < -0.3 is 15.5 Å². The summed E-state index contributed by atoms with van der Waals surface area (Å²) in [5, 5.41) is 9.25. The molecule has 0 aliphatic rings. The molecule has 1 aromatic carbocycles. The third-order valence-electron chi connectivity index (χ3n) is 1.93. The fourth-order valence-electron chi connectivity index (χ4n) is 1.14. The molecule has 3 N–H and O–H groups in total. The third-order valence-corrected chi connectivity index (χ3v) is 1.93. The van der Waals surface area contributed by atoms with Crippen molar-refractivity contribution < 1.29 is 13.2 Å². The van der Waals surface area contributed by atoms with Crippen LogP contribution in [0, 0.1) is 18.6 Å². The molecule has 0 saturated heterocycles. The maximum absolute atomic E-state index is 13.4. The molecule has 2 aromatic rings. The number of hydrogen-bond acceptors (Lipinski definition) is 5. The number of rotatable bonds is 2. The Morgan fingerprint density at radius 2 is 2.00 bits per heavy atom. The van der Waals surface area contributed by atoms with Gasteiger partial charge in [0, 0.05) is 6.07 Å². The van der Waals surface area contributed by atoms with E-state index in [0.29, 0.717) is 0 Å². The maximum atomic E-state index is 13.4. The van der Waals surface area contributed by atoms with Gasteiger partial charge in [0.2, 0.25) is 0 Å². The minimum atomic E-state index is -0.615. The van der Waals surface area contributed by atoms with Gasteiger partial charge >= 0.3 is 12.0 Å². The van der Waals surface area contributed by atoms with Gasteiger partial charge in [0.25, 0.3) is 0 Å². The lowest BCUT2D eigenvalue weighted by molar-refractivity contribution is 0.582. The van der Waals surface area contributed by atoms with Crippen LogP contribution in [0.15, 0.2) is 16.5 Å². The first-order chi connectivity index (χ1) is 7.56. The molecule has 0 atom stereocenters. The second kappa shape index (κ2) is 3.76. The quantitative estimate of drug-likeness (QED) is 0.818. The summed E-state index contributed by atoms with van der Waals surface area (Å²) in [5.74, 6) is -1.15. The fraction of sp³-hybridized carbons (Fsp3) is 0.111. The molecule has 84 valence electrons. The molecule has 0 saturated carbocycles. The maximum Gasteiger partial charge on any atom is 0.321 e. The summed E-state index contributed by atoms with van der Waals surface area (Å²) in [6.07, 6.45) is 0. The number of benzene rings is 1. The number of aryl methyl sites for hydroxylation is 1. The fourth-order valence-corrected chi connectivity index (χ4v) is 1.14. The van der Waals surface area contributed by atoms with Gasteiger partial charge in [-0.1, -0.05) is 10.2 Å². The van der Waals surface area contributed by atoms with Crippen LogP contribution >= 0.6 is 0 Å². The molecule has 0 fully saturated rings. The summed E-state index contributed by atoms with van der Waals surface area (Å²) >= 11 is 0. The van der Waals surface area contributed by atoms with Crippen LogP contribution in [0.4, 0.5) is 26.5 Å². The van der Waals surface area contributed by atoms with Crippen LogP contribution < -0.4 is 11.1 Å². The van der Waals surface area contributed by atoms with Gasteiger partial charge in [0.15, 0.2) is 0 Å². The van der Waals surface area contributed by atoms with Crippen molar-refractivity contribution in [2.45, 2.75) is 6.92 Å². The highest BCUT2D eigenvalue weighted by Crippen LogP contribution is 2.22. The Hall–Kier alpha value is -2.18. The Kier molecular flexibility index (Phi) is 2.43. The second-order valence-corrected chi connectivity index (χ2v) is 3.15. The van der Waals surface area contributed by atoms with E-state index in [1.54, 1.807) is 0 Å². The Morgan fingerprint density at radius 3 is 2.62 bits per heavy atom. The van der Waals surface area contributed by atoms with Crippen molar-refractivity contribution in [2.75, 3.05) is 11.1 Å². The zero-order valence-electron chi connectivity index (χ0n) is 8.29. The minimum Gasteiger partial charge on any atom is -0.389 e. The lowest BCUT2D eigenvalue weighted by atomic mass is 10.2. The van der Waals surface area contributed by atoms with E-state index >= 15 is 0 Å². The van der Waals surface area contributed by atoms with Crippen molar-refractivity contribution >= 4 is 17.7 Å². The lowest BCUT2D eigenvalue weighted by Crippen LogP contribution is -1.96. The molecule has 5 nitrogen and oxygen atoms in total. The molecule has 0 aliphatic carbocycles. The molecule has 0 spiro atoms. The largest absolute Gasteiger partial charge is 0.389 e. The Morgan fingerprint density at radius 1 is 1.25 bits per heavy atom. The zero-order chi connectivity index (χ0) is 11.7. The van der Waals surface area contributed by atoms with Gasteiger partial charge in [-0.15, -0.1) is 0 Å². The van der Waals surface area contributed by atoms with E-state index in [1.807, 2.05) is 0 Å². The van der Waals surface area contributed by atoms with Gasteiger partial charge in [-0.3, -0.25) is 0 Å². The summed E-state index contributed by atoms with van der Waals surface area (Å²) in [7, 11) is 0. The normalized spacial score (nSPS) is 10.4. The van der Waals surface area contributed by atoms with Gasteiger partial charge in [-0.2, -0.15) is 0 Å². The van der Waals surface area contributed by atoms with Crippen LogP contribution in [0.25, 0.3) is 0 Å². The number of anilines is 3. The molecule has 0 unspecified atom stereocenters. The monoisotopic (exact) mass is 226 g/mol. The predicted octanol–water partition coefficient (Wildman–Crippen LogP) is 1.98. The first kappa shape index (κ1) is 10.3. The molecule has 2 rings (SSSR count). The number of nitrogen functional groups attached to an aromatic ring is 1. The van der Waals surface area contributed by atoms with Crippen LogP contribution in [0.2, 0.25) is 0 Å². The molecular formula is C9H8F2N4O. The molecule has 7 heteroatoms. The Bertz CT molecular complexity index is 526. The van der Waals surface area contributed by atoms with E-state index in [0.717, 1.165) is 12.1 Å². The molecule has 1 aromatic heterocycles. The van der Waals surface area contributed by atoms with Crippen molar-refractivity contribution in [3.8, 4) is 0 Å². The van der Waals surface area contributed by atoms with E-state index in [1.165, 1.54) is 6.92 Å². The van der Waals surface area contributed by atoms with Crippen LogP contribution in [-0.4, -0.2) is 10.2 Å². The SMILES string of the molecule is Cc1cc(F)c(Nc2nnc(N)o2)cc1F. The number of aromatic nitrogens is 2. The first-order valence-electron chi connectivity index (χ1n) is 4.38. The van der Waals surface area contributed by atoms with Crippen molar-refractivity contribution in [3.05, 3.63) is 29.3 Å². The van der Waals surface area contributed by atoms with Gasteiger partial charge in [-0.25, -0.2) is 8.78 Å². The molecule has 1 heterocycles. The summed E-state index contributed by atoms with van der Waals surface area (Å²) in [4.78, 5) is 0. The average molecular weight is 226 g/mol. The highest BCUT2D eigenvalue weighted by atomic mass is 19.1. The smallest absolute Gasteiger partial charge is 0.321 e. The molecule has 0 aliphatic heterocycles. The van der Waals surface area contributed by atoms with Gasteiger partial charge in [-0.05, 0) is 18.6 Å². The van der Waals surface area contributed by atoms with Crippen LogP contribution in [0.1, 0.15) is 5.56 Å². The van der Waals surface area contributed by atoms with E-state index in [-0.39, 0.29) is 23.3 Å². The van der Waals surface area contributed by atoms with E-state index in [9.17, 15) is 8.78 Å². The van der Waals surface area contributed by atoms with Crippen LogP contribution in [0.5, 0.6) is 0 Å². The standard InChI is InChI=1S/C9H8F2N4O/c1-4-2-6(11)7(3-5(4)10)13-9-15-14-8(12)16-9/h2-3H,1H3,(H2,12,14)(H,13,15). The van der Waals surface area contributed by atoms with E-state index in [4.69, 9.17) is 10.2 Å². The second-order valence-electron chi connectivity index (χ2n) is 3.15. The summed E-state index contributed by atoms with van der Waals surface area (Å²) < 4.78 is 31.3. The molecule has 16 heavy (non-hydrogen) atoms. The third kappa shape index (κ3) is 1.92. The van der Waals surface area contributed by atoms with Crippen LogP contribution in [0.3, 0.4) is 0 Å². The molecular weight excluding hydrogens is 218 g/mol. The van der Waals surface area contributed by atoms with Crippen molar-refractivity contribution in [3.63, 3.8) is 0 Å². The first-order valence-corrected chi connectivity index (χ1v) is 4.38. The molecule has 0 amide bonds. The summed E-state index contributed by atoms with van der Waals surface area (Å²) in [6.45, 7) is 1.47. The van der Waals surface area contributed by atoms with Crippen molar-refractivity contribution in [1.29, 1.82) is 0 Å². The highest BCUT2D eigenvalue weighted by Gasteiger charge is 2.10. The number of nitrogens with zero attached hydrogens (tertiary/aromatic N) is 2. The van der Waals surface area contributed by atoms with Gasteiger partial charge in [0.1, 0.15) is 11.6 Å². The minimum absolute atomic E-state index is 0.0910. The number of nitrogens with one attached hydrogen (secondary N) is 1.